The molecule has 1 N–H and O–H groups in total. The molecule has 0 saturated heterocycles. The van der Waals surface area contributed by atoms with Crippen molar-refractivity contribution in [2.75, 3.05) is 19.7 Å². The van der Waals surface area contributed by atoms with E-state index in [1.54, 1.807) is 0 Å². The molecule has 0 unspecified atom stereocenters. The molecular weight excluding hydrogens is 287 g/mol. The minimum absolute atomic E-state index is 0.257. The molecule has 1 aromatic rings. The van der Waals surface area contributed by atoms with Gasteiger partial charge in [-0.15, -0.1) is 0 Å². The molecule has 0 aromatic carbocycles. The third-order valence-corrected chi connectivity index (χ3v) is 2.32. The molecule has 1 aromatic heterocycles. The Hall–Kier alpha value is -1.77. The van der Waals surface area contributed by atoms with Crippen molar-refractivity contribution in [3.05, 3.63) is 29.6 Å². The van der Waals surface area contributed by atoms with Gasteiger partial charge in [0.1, 0.15) is 5.69 Å². The Morgan fingerprint density at radius 3 is 2.40 bits per heavy atom. The molecule has 0 bridgehead atoms. The number of alkyl halides is 5. The second-order valence-electron chi connectivity index (χ2n) is 3.80. The van der Waals surface area contributed by atoms with Crippen molar-refractivity contribution in [3.8, 4) is 0 Å². The fourth-order valence-electron chi connectivity index (χ4n) is 1.43. The first-order chi connectivity index (χ1) is 9.25. The predicted molar refractivity (Wildman–Crippen MR) is 58.2 cm³/mol. The number of rotatable bonds is 5. The van der Waals surface area contributed by atoms with Crippen molar-refractivity contribution in [2.45, 2.75) is 12.6 Å². The standard InChI is InChI=1S/C11H11F5N2O2/c12-9(13)6-18(3-4-19)10(20)7-1-2-8(17-5-7)11(14,15)16/h1-2,5,9,19H,3-4,6H2. The van der Waals surface area contributed by atoms with Crippen LogP contribution < -0.4 is 0 Å². The summed E-state index contributed by atoms with van der Waals surface area (Å²) in [6, 6.07) is 1.45. The van der Waals surface area contributed by atoms with Gasteiger partial charge in [0, 0.05) is 12.7 Å². The van der Waals surface area contributed by atoms with Crippen LogP contribution in [-0.4, -0.2) is 47.0 Å². The Kier molecular flexibility index (Phi) is 5.37. The van der Waals surface area contributed by atoms with E-state index in [2.05, 4.69) is 4.98 Å². The van der Waals surface area contributed by atoms with E-state index in [-0.39, 0.29) is 12.1 Å². The molecule has 4 nitrogen and oxygen atoms in total. The number of nitrogens with zero attached hydrogens (tertiary/aromatic N) is 2. The molecule has 0 aliphatic heterocycles. The Labute approximate surface area is 110 Å². The van der Waals surface area contributed by atoms with E-state index in [0.717, 1.165) is 6.07 Å². The molecule has 0 fully saturated rings. The third kappa shape index (κ3) is 4.41. The van der Waals surface area contributed by atoms with Crippen molar-refractivity contribution in [2.24, 2.45) is 0 Å². The molecule has 9 heteroatoms. The minimum atomic E-state index is -4.64. The minimum Gasteiger partial charge on any atom is -0.395 e. The van der Waals surface area contributed by atoms with Gasteiger partial charge in [-0.2, -0.15) is 13.2 Å². The van der Waals surface area contributed by atoms with Crippen molar-refractivity contribution >= 4 is 5.91 Å². The molecule has 0 aliphatic rings. The summed E-state index contributed by atoms with van der Waals surface area (Å²) in [6.07, 6.45) is -6.79. The van der Waals surface area contributed by atoms with E-state index in [9.17, 15) is 26.7 Å². The first kappa shape index (κ1) is 16.3. The molecule has 0 radical (unpaired) electrons. The number of amides is 1. The Bertz CT molecular complexity index is 447. The highest BCUT2D eigenvalue weighted by Crippen LogP contribution is 2.27. The molecule has 1 rings (SSSR count). The summed E-state index contributed by atoms with van der Waals surface area (Å²) in [4.78, 5) is 15.5. The van der Waals surface area contributed by atoms with Gasteiger partial charge in [-0.1, -0.05) is 0 Å². The highest BCUT2D eigenvalue weighted by molar-refractivity contribution is 5.93. The molecule has 0 atom stereocenters. The molecule has 20 heavy (non-hydrogen) atoms. The summed E-state index contributed by atoms with van der Waals surface area (Å²) in [7, 11) is 0. The van der Waals surface area contributed by atoms with Gasteiger partial charge in [0.2, 0.25) is 0 Å². The molecule has 0 aliphatic carbocycles. The summed E-state index contributed by atoms with van der Waals surface area (Å²) in [5, 5.41) is 8.69. The van der Waals surface area contributed by atoms with Crippen LogP contribution in [0.3, 0.4) is 0 Å². The first-order valence-electron chi connectivity index (χ1n) is 5.47. The van der Waals surface area contributed by atoms with Gasteiger partial charge in [-0.25, -0.2) is 8.78 Å². The second kappa shape index (κ2) is 6.60. The summed E-state index contributed by atoms with van der Waals surface area (Å²) < 4.78 is 61.4. The predicted octanol–water partition coefficient (Wildman–Crippen LogP) is 1.80. The summed E-state index contributed by atoms with van der Waals surface area (Å²) in [6.45, 7) is -1.79. The summed E-state index contributed by atoms with van der Waals surface area (Å²) >= 11 is 0. The van der Waals surface area contributed by atoms with Crippen LogP contribution in [0, 0.1) is 0 Å². The molecule has 1 amide bonds. The van der Waals surface area contributed by atoms with E-state index < -0.39 is 37.4 Å². The van der Waals surface area contributed by atoms with E-state index in [1.807, 2.05) is 0 Å². The van der Waals surface area contributed by atoms with Gasteiger partial charge in [-0.3, -0.25) is 9.78 Å². The number of halogens is 5. The van der Waals surface area contributed by atoms with Crippen LogP contribution in [0.25, 0.3) is 0 Å². The third-order valence-electron chi connectivity index (χ3n) is 2.32. The molecule has 1 heterocycles. The van der Waals surface area contributed by atoms with E-state index in [1.165, 1.54) is 0 Å². The fourth-order valence-corrected chi connectivity index (χ4v) is 1.43. The monoisotopic (exact) mass is 298 g/mol. The van der Waals surface area contributed by atoms with Gasteiger partial charge in [0.05, 0.1) is 18.7 Å². The smallest absolute Gasteiger partial charge is 0.395 e. The van der Waals surface area contributed by atoms with Gasteiger partial charge < -0.3 is 10.0 Å². The van der Waals surface area contributed by atoms with Gasteiger partial charge in [-0.05, 0) is 12.1 Å². The van der Waals surface area contributed by atoms with Crippen LogP contribution in [0.1, 0.15) is 16.1 Å². The van der Waals surface area contributed by atoms with Crippen molar-refractivity contribution in [1.82, 2.24) is 9.88 Å². The number of pyridine rings is 1. The van der Waals surface area contributed by atoms with Crippen LogP contribution >= 0.6 is 0 Å². The number of aromatic nitrogens is 1. The van der Waals surface area contributed by atoms with Gasteiger partial charge in [0.15, 0.2) is 0 Å². The van der Waals surface area contributed by atoms with Crippen LogP contribution in [0.2, 0.25) is 0 Å². The lowest BCUT2D eigenvalue weighted by atomic mass is 10.2. The lowest BCUT2D eigenvalue weighted by molar-refractivity contribution is -0.141. The Balaban J connectivity index is 2.89. The van der Waals surface area contributed by atoms with Gasteiger partial charge in [0.25, 0.3) is 12.3 Å². The van der Waals surface area contributed by atoms with Crippen molar-refractivity contribution in [1.29, 1.82) is 0 Å². The van der Waals surface area contributed by atoms with Crippen LogP contribution in [0.4, 0.5) is 22.0 Å². The number of aliphatic hydroxyl groups is 1. The maximum atomic E-state index is 12.3. The van der Waals surface area contributed by atoms with E-state index in [4.69, 9.17) is 5.11 Å². The number of hydrogen-bond donors (Lipinski definition) is 1. The first-order valence-corrected chi connectivity index (χ1v) is 5.47. The average molecular weight is 298 g/mol. The highest BCUT2D eigenvalue weighted by Gasteiger charge is 2.32. The summed E-state index contributed by atoms with van der Waals surface area (Å²) in [5.41, 5.74) is -1.44. The zero-order valence-electron chi connectivity index (χ0n) is 10.1. The topological polar surface area (TPSA) is 53.4 Å². The lowest BCUT2D eigenvalue weighted by Gasteiger charge is -2.21. The highest BCUT2D eigenvalue weighted by atomic mass is 19.4. The number of aliphatic hydroxyl groups excluding tert-OH is 1. The molecule has 0 saturated carbocycles. The van der Waals surface area contributed by atoms with Crippen molar-refractivity contribution < 1.29 is 31.9 Å². The number of carbonyl (C=O) groups excluding carboxylic acids is 1. The normalized spacial score (nSPS) is 11.8. The van der Waals surface area contributed by atoms with E-state index in [0.29, 0.717) is 17.2 Å². The lowest BCUT2D eigenvalue weighted by Crippen LogP contribution is -2.37. The molecular formula is C11H11F5N2O2. The van der Waals surface area contributed by atoms with Crippen LogP contribution in [0.5, 0.6) is 0 Å². The maximum Gasteiger partial charge on any atom is 0.433 e. The number of hydrogen-bond acceptors (Lipinski definition) is 3. The zero-order valence-corrected chi connectivity index (χ0v) is 10.1. The van der Waals surface area contributed by atoms with Gasteiger partial charge >= 0.3 is 6.18 Å². The zero-order chi connectivity index (χ0) is 15.3. The Morgan fingerprint density at radius 2 is 2.00 bits per heavy atom. The number of carbonyl (C=O) groups is 1. The maximum absolute atomic E-state index is 12.3. The van der Waals surface area contributed by atoms with Crippen molar-refractivity contribution in [3.63, 3.8) is 0 Å². The molecule has 0 spiro atoms. The largest absolute Gasteiger partial charge is 0.433 e. The molecule has 112 valence electrons. The summed E-state index contributed by atoms with van der Waals surface area (Å²) in [5.74, 6) is -0.916. The second-order valence-corrected chi connectivity index (χ2v) is 3.80. The SMILES string of the molecule is O=C(c1ccc(C(F)(F)F)nc1)N(CCO)CC(F)F. The van der Waals surface area contributed by atoms with E-state index >= 15 is 0 Å². The fraction of sp³-hybridized carbons (Fsp3) is 0.455. The quantitative estimate of drug-likeness (QED) is 0.843. The average Bonchev–Trinajstić information content (AvgIpc) is 2.36. The van der Waals surface area contributed by atoms with Crippen LogP contribution in [0.15, 0.2) is 18.3 Å². The Morgan fingerprint density at radius 1 is 1.35 bits per heavy atom. The van der Waals surface area contributed by atoms with Crippen LogP contribution in [-0.2, 0) is 6.18 Å².